The van der Waals surface area contributed by atoms with Crippen LogP contribution in [0.2, 0.25) is 0 Å². The Morgan fingerprint density at radius 1 is 1.60 bits per heavy atom. The zero-order chi connectivity index (χ0) is 10.8. The summed E-state index contributed by atoms with van der Waals surface area (Å²) in [6, 6.07) is 0. The first-order valence-electron chi connectivity index (χ1n) is 5.53. The molecule has 0 unspecified atom stereocenters. The summed E-state index contributed by atoms with van der Waals surface area (Å²) in [5.41, 5.74) is 2.46. The number of fused-ring (bicyclic) bond motifs is 1. The highest BCUT2D eigenvalue weighted by Crippen LogP contribution is 2.29. The largest absolute Gasteiger partial charge is 0.374 e. The van der Waals surface area contributed by atoms with Crippen molar-refractivity contribution in [1.82, 2.24) is 9.55 Å². The molecule has 1 heterocycles. The minimum Gasteiger partial charge on any atom is -0.374 e. The number of ether oxygens (including phenoxy) is 1. The normalized spacial score (nSPS) is 19.3. The molecule has 2 rings (SSSR count). The molecule has 1 aromatic heterocycles. The quantitative estimate of drug-likeness (QED) is 0.759. The van der Waals surface area contributed by atoms with Gasteiger partial charge >= 0.3 is 0 Å². The third-order valence-corrected chi connectivity index (χ3v) is 2.93. The molecular weight excluding hydrogens is 188 g/mol. The molecule has 3 heteroatoms. The van der Waals surface area contributed by atoms with Gasteiger partial charge in [0.2, 0.25) is 0 Å². The average Bonchev–Trinajstić information content (AvgIpc) is 2.54. The van der Waals surface area contributed by atoms with Gasteiger partial charge in [-0.2, -0.15) is 0 Å². The summed E-state index contributed by atoms with van der Waals surface area (Å²) in [5, 5.41) is 0. The molecule has 0 bridgehead atoms. The fourth-order valence-electron chi connectivity index (χ4n) is 2.11. The third kappa shape index (κ3) is 1.84. The Balaban J connectivity index is 2.32. The Kier molecular flexibility index (Phi) is 2.91. The predicted molar refractivity (Wildman–Crippen MR) is 60.6 cm³/mol. The van der Waals surface area contributed by atoms with Gasteiger partial charge in [0.15, 0.2) is 0 Å². The number of hydrogen-bond donors (Lipinski definition) is 0. The first kappa shape index (κ1) is 10.4. The highest BCUT2D eigenvalue weighted by atomic mass is 16.5. The number of rotatable bonds is 3. The molecule has 0 radical (unpaired) electrons. The van der Waals surface area contributed by atoms with Crippen LogP contribution in [0.5, 0.6) is 0 Å². The molecule has 82 valence electrons. The van der Waals surface area contributed by atoms with Crippen molar-refractivity contribution >= 4 is 6.08 Å². The lowest BCUT2D eigenvalue weighted by Gasteiger charge is -2.15. The third-order valence-electron chi connectivity index (χ3n) is 2.93. The molecule has 15 heavy (non-hydrogen) atoms. The molecule has 0 fully saturated rings. The topological polar surface area (TPSA) is 27.1 Å². The van der Waals surface area contributed by atoms with Crippen LogP contribution in [-0.4, -0.2) is 16.2 Å². The summed E-state index contributed by atoms with van der Waals surface area (Å²) < 4.78 is 7.59. The van der Waals surface area contributed by atoms with Crippen LogP contribution in [0.4, 0.5) is 0 Å². The number of imidazole rings is 1. The molecule has 0 aromatic carbocycles. The lowest BCUT2D eigenvalue weighted by Crippen LogP contribution is -2.07. The van der Waals surface area contributed by atoms with Gasteiger partial charge in [0.25, 0.3) is 0 Å². The number of nitrogens with zero attached hydrogens (tertiary/aromatic N) is 2. The van der Waals surface area contributed by atoms with Gasteiger partial charge in [-0.15, -0.1) is 0 Å². The van der Waals surface area contributed by atoms with Crippen LogP contribution in [0.15, 0.2) is 6.08 Å². The van der Waals surface area contributed by atoms with Crippen LogP contribution >= 0.6 is 0 Å². The number of allylic oxidation sites excluding steroid dienone is 1. The summed E-state index contributed by atoms with van der Waals surface area (Å²) >= 11 is 0. The molecule has 0 spiro atoms. The second-order valence-electron chi connectivity index (χ2n) is 4.03. The van der Waals surface area contributed by atoms with E-state index in [2.05, 4.69) is 35.7 Å². The molecule has 0 amide bonds. The van der Waals surface area contributed by atoms with E-state index in [1.807, 2.05) is 6.92 Å². The Morgan fingerprint density at radius 2 is 2.40 bits per heavy atom. The SMILES string of the molecule is CCOCc1nc2c(n1C)[C@H](C)CC=C2. The van der Waals surface area contributed by atoms with Crippen LogP contribution in [0, 0.1) is 0 Å². The zero-order valence-electron chi connectivity index (χ0n) is 9.66. The molecule has 0 N–H and O–H groups in total. The standard InChI is InChI=1S/C12H18N2O/c1-4-15-8-11-13-10-7-5-6-9(2)12(10)14(11)3/h5,7,9H,4,6,8H2,1-3H3/t9-/m1/s1. The van der Waals surface area contributed by atoms with E-state index in [-0.39, 0.29) is 0 Å². The molecule has 1 atom stereocenters. The Bertz CT molecular complexity index is 379. The maximum absolute atomic E-state index is 5.41. The van der Waals surface area contributed by atoms with Crippen molar-refractivity contribution in [1.29, 1.82) is 0 Å². The first-order valence-corrected chi connectivity index (χ1v) is 5.53. The van der Waals surface area contributed by atoms with E-state index in [0.29, 0.717) is 12.5 Å². The van der Waals surface area contributed by atoms with Gasteiger partial charge in [-0.1, -0.05) is 13.0 Å². The molecule has 0 saturated carbocycles. The maximum atomic E-state index is 5.41. The fourth-order valence-corrected chi connectivity index (χ4v) is 2.11. The molecule has 0 saturated heterocycles. The van der Waals surface area contributed by atoms with Crippen LogP contribution in [0.3, 0.4) is 0 Å². The first-order chi connectivity index (χ1) is 7.24. The summed E-state index contributed by atoms with van der Waals surface area (Å²) in [7, 11) is 2.08. The van der Waals surface area contributed by atoms with Crippen molar-refractivity contribution in [2.45, 2.75) is 32.8 Å². The second-order valence-corrected chi connectivity index (χ2v) is 4.03. The minimum absolute atomic E-state index is 0.567. The average molecular weight is 206 g/mol. The lowest BCUT2D eigenvalue weighted by atomic mass is 9.97. The van der Waals surface area contributed by atoms with E-state index in [1.165, 1.54) is 5.69 Å². The van der Waals surface area contributed by atoms with Crippen molar-refractivity contribution in [2.24, 2.45) is 7.05 Å². The van der Waals surface area contributed by atoms with Crippen molar-refractivity contribution < 1.29 is 4.74 Å². The highest BCUT2D eigenvalue weighted by Gasteiger charge is 2.20. The molecule has 3 nitrogen and oxygen atoms in total. The molecule has 0 aliphatic heterocycles. The Morgan fingerprint density at radius 3 is 3.07 bits per heavy atom. The summed E-state index contributed by atoms with van der Waals surface area (Å²) in [6.45, 7) is 5.60. The lowest BCUT2D eigenvalue weighted by molar-refractivity contribution is 0.126. The van der Waals surface area contributed by atoms with E-state index >= 15 is 0 Å². The molecular formula is C12H18N2O. The zero-order valence-corrected chi connectivity index (χ0v) is 9.66. The number of hydrogen-bond acceptors (Lipinski definition) is 2. The Labute approximate surface area is 90.8 Å². The van der Waals surface area contributed by atoms with Gasteiger partial charge in [0, 0.05) is 25.3 Å². The van der Waals surface area contributed by atoms with Crippen molar-refractivity contribution in [2.75, 3.05) is 6.61 Å². The van der Waals surface area contributed by atoms with Crippen molar-refractivity contribution in [3.63, 3.8) is 0 Å². The smallest absolute Gasteiger partial charge is 0.135 e. The van der Waals surface area contributed by atoms with E-state index in [0.717, 1.165) is 24.5 Å². The monoisotopic (exact) mass is 206 g/mol. The minimum atomic E-state index is 0.567. The summed E-state index contributed by atoms with van der Waals surface area (Å²) in [4.78, 5) is 4.59. The van der Waals surface area contributed by atoms with Crippen LogP contribution < -0.4 is 0 Å². The summed E-state index contributed by atoms with van der Waals surface area (Å²) in [6.07, 6.45) is 5.43. The predicted octanol–water partition coefficient (Wildman–Crippen LogP) is 2.48. The van der Waals surface area contributed by atoms with E-state index in [4.69, 9.17) is 4.74 Å². The van der Waals surface area contributed by atoms with Gasteiger partial charge in [0.05, 0.1) is 5.69 Å². The molecule has 1 aromatic rings. The number of aromatic nitrogens is 2. The van der Waals surface area contributed by atoms with Crippen LogP contribution in [0.1, 0.15) is 43.4 Å². The van der Waals surface area contributed by atoms with E-state index in [1.54, 1.807) is 0 Å². The molecule has 1 aliphatic carbocycles. The molecule has 1 aliphatic rings. The van der Waals surface area contributed by atoms with Gasteiger partial charge in [0.1, 0.15) is 12.4 Å². The fraction of sp³-hybridized carbons (Fsp3) is 0.583. The van der Waals surface area contributed by atoms with Gasteiger partial charge in [-0.05, 0) is 19.4 Å². The second kappa shape index (κ2) is 4.19. The van der Waals surface area contributed by atoms with Crippen LogP contribution in [-0.2, 0) is 18.4 Å². The van der Waals surface area contributed by atoms with Gasteiger partial charge < -0.3 is 9.30 Å². The van der Waals surface area contributed by atoms with Gasteiger partial charge in [-0.3, -0.25) is 0 Å². The Hall–Kier alpha value is -1.09. The van der Waals surface area contributed by atoms with E-state index in [9.17, 15) is 0 Å². The highest BCUT2D eigenvalue weighted by molar-refractivity contribution is 5.52. The van der Waals surface area contributed by atoms with E-state index < -0.39 is 0 Å². The van der Waals surface area contributed by atoms with Crippen molar-refractivity contribution in [3.8, 4) is 0 Å². The van der Waals surface area contributed by atoms with Crippen LogP contribution in [0.25, 0.3) is 6.08 Å². The van der Waals surface area contributed by atoms with Crippen molar-refractivity contribution in [3.05, 3.63) is 23.3 Å². The van der Waals surface area contributed by atoms with Gasteiger partial charge in [-0.25, -0.2) is 4.98 Å². The maximum Gasteiger partial charge on any atom is 0.135 e. The summed E-state index contributed by atoms with van der Waals surface area (Å²) in [5.74, 6) is 1.60.